The maximum atomic E-state index is 12.9. The molecular formula is C22H24N4O. The number of aryl methyl sites for hydroxylation is 1. The lowest BCUT2D eigenvalue weighted by atomic mass is 10.1. The van der Waals surface area contributed by atoms with E-state index in [2.05, 4.69) is 15.7 Å². The Morgan fingerprint density at radius 3 is 2.30 bits per heavy atom. The van der Waals surface area contributed by atoms with Gasteiger partial charge in [0.2, 0.25) is 5.91 Å². The van der Waals surface area contributed by atoms with Crippen LogP contribution in [-0.4, -0.2) is 21.7 Å². The largest absolute Gasteiger partial charge is 0.367 e. The van der Waals surface area contributed by atoms with Crippen LogP contribution in [0.3, 0.4) is 0 Å². The predicted octanol–water partition coefficient (Wildman–Crippen LogP) is 3.92. The molecule has 2 aromatic carbocycles. The van der Waals surface area contributed by atoms with Gasteiger partial charge in [0, 0.05) is 6.04 Å². The molecule has 0 radical (unpaired) electrons. The first kappa shape index (κ1) is 17.3. The van der Waals surface area contributed by atoms with Gasteiger partial charge >= 0.3 is 0 Å². The summed E-state index contributed by atoms with van der Waals surface area (Å²) in [7, 11) is 0. The summed E-state index contributed by atoms with van der Waals surface area (Å²) in [6, 6.07) is 19.7. The van der Waals surface area contributed by atoms with E-state index in [0.29, 0.717) is 6.04 Å². The Hall–Kier alpha value is -3.08. The third-order valence-electron chi connectivity index (χ3n) is 4.90. The molecule has 3 aromatic rings. The number of rotatable bonds is 6. The van der Waals surface area contributed by atoms with Gasteiger partial charge in [0.1, 0.15) is 6.04 Å². The fourth-order valence-electron chi connectivity index (χ4n) is 3.27. The minimum absolute atomic E-state index is 0.00922. The molecule has 1 amide bonds. The van der Waals surface area contributed by atoms with Gasteiger partial charge in [-0.1, -0.05) is 48.5 Å². The van der Waals surface area contributed by atoms with Crippen molar-refractivity contribution in [2.24, 2.45) is 0 Å². The van der Waals surface area contributed by atoms with Crippen LogP contribution in [-0.2, 0) is 4.79 Å². The van der Waals surface area contributed by atoms with Crippen molar-refractivity contribution in [2.75, 3.05) is 5.32 Å². The van der Waals surface area contributed by atoms with Crippen LogP contribution < -0.4 is 10.6 Å². The molecule has 0 saturated heterocycles. The van der Waals surface area contributed by atoms with Gasteiger partial charge in [-0.05, 0) is 44.4 Å². The first-order valence-electron chi connectivity index (χ1n) is 9.37. The predicted molar refractivity (Wildman–Crippen MR) is 107 cm³/mol. The van der Waals surface area contributed by atoms with Crippen LogP contribution in [0.1, 0.15) is 35.8 Å². The molecule has 1 fully saturated rings. The lowest BCUT2D eigenvalue weighted by Crippen LogP contribution is -2.35. The summed E-state index contributed by atoms with van der Waals surface area (Å²) in [5.74, 6) is 0.00922. The highest BCUT2D eigenvalue weighted by Crippen LogP contribution is 2.28. The maximum absolute atomic E-state index is 12.9. The molecule has 5 heteroatoms. The van der Waals surface area contributed by atoms with E-state index in [-0.39, 0.29) is 5.91 Å². The van der Waals surface area contributed by atoms with Crippen LogP contribution in [0.5, 0.6) is 0 Å². The van der Waals surface area contributed by atoms with Crippen molar-refractivity contribution in [1.82, 2.24) is 15.1 Å². The number of benzene rings is 2. The summed E-state index contributed by atoms with van der Waals surface area (Å²) in [4.78, 5) is 12.9. The van der Waals surface area contributed by atoms with E-state index in [1.807, 2.05) is 79.2 Å². The highest BCUT2D eigenvalue weighted by atomic mass is 16.2. The molecule has 1 atom stereocenters. The molecule has 4 rings (SSSR count). The van der Waals surface area contributed by atoms with Gasteiger partial charge in [-0.25, -0.2) is 4.68 Å². The molecule has 1 aromatic heterocycles. The zero-order valence-electron chi connectivity index (χ0n) is 15.6. The summed E-state index contributed by atoms with van der Waals surface area (Å²) in [5.41, 5.74) is 4.71. The standard InChI is InChI=1S/C22H24N4O/c1-15-20(16(2)26(25-15)19-11-7-4-8-12-19)24-21(17-9-5-3-6-10-17)22(27)23-18-13-14-18/h3-12,18,21,24H,13-14H2,1-2H3,(H,23,27)/t21-/m0/s1. The van der Waals surface area contributed by atoms with Crippen molar-refractivity contribution in [2.45, 2.75) is 38.8 Å². The smallest absolute Gasteiger partial charge is 0.247 e. The fraction of sp³-hybridized carbons (Fsp3) is 0.273. The zero-order chi connectivity index (χ0) is 18.8. The number of hydrogen-bond donors (Lipinski definition) is 2. The van der Waals surface area contributed by atoms with Gasteiger partial charge in [-0.15, -0.1) is 0 Å². The second-order valence-electron chi connectivity index (χ2n) is 7.06. The van der Waals surface area contributed by atoms with E-state index in [0.717, 1.165) is 41.2 Å². The molecule has 1 aliphatic carbocycles. The van der Waals surface area contributed by atoms with E-state index >= 15 is 0 Å². The monoisotopic (exact) mass is 360 g/mol. The van der Waals surface area contributed by atoms with Gasteiger partial charge < -0.3 is 10.6 Å². The number of nitrogens with one attached hydrogen (secondary N) is 2. The van der Waals surface area contributed by atoms with Gasteiger partial charge in [0.15, 0.2) is 0 Å². The highest BCUT2D eigenvalue weighted by Gasteiger charge is 2.29. The Labute approximate surface area is 159 Å². The second-order valence-corrected chi connectivity index (χ2v) is 7.06. The number of carbonyl (C=O) groups is 1. The lowest BCUT2D eigenvalue weighted by Gasteiger charge is -2.20. The van der Waals surface area contributed by atoms with Gasteiger partial charge in [-0.3, -0.25) is 4.79 Å². The third kappa shape index (κ3) is 3.72. The molecule has 138 valence electrons. The average molecular weight is 360 g/mol. The molecule has 0 bridgehead atoms. The van der Waals surface area contributed by atoms with Gasteiger partial charge in [0.25, 0.3) is 0 Å². The minimum Gasteiger partial charge on any atom is -0.367 e. The Bertz CT molecular complexity index is 930. The molecule has 2 N–H and O–H groups in total. The Kier molecular flexibility index (Phi) is 4.67. The van der Waals surface area contributed by atoms with Crippen LogP contribution in [0.25, 0.3) is 5.69 Å². The molecule has 1 saturated carbocycles. The fourth-order valence-corrected chi connectivity index (χ4v) is 3.27. The number of para-hydroxylation sites is 1. The lowest BCUT2D eigenvalue weighted by molar-refractivity contribution is -0.122. The topological polar surface area (TPSA) is 59.0 Å². The summed E-state index contributed by atoms with van der Waals surface area (Å²) in [6.07, 6.45) is 2.13. The highest BCUT2D eigenvalue weighted by molar-refractivity contribution is 5.87. The molecular weight excluding hydrogens is 336 g/mol. The average Bonchev–Trinajstić information content (AvgIpc) is 3.46. The summed E-state index contributed by atoms with van der Waals surface area (Å²) < 4.78 is 1.92. The van der Waals surface area contributed by atoms with E-state index in [1.54, 1.807) is 0 Å². The SMILES string of the molecule is Cc1nn(-c2ccccc2)c(C)c1N[C@H](C(=O)NC1CC1)c1ccccc1. The molecule has 0 spiro atoms. The Morgan fingerprint density at radius 1 is 1.04 bits per heavy atom. The first-order valence-corrected chi connectivity index (χ1v) is 9.37. The Morgan fingerprint density at radius 2 is 1.67 bits per heavy atom. The molecule has 27 heavy (non-hydrogen) atoms. The summed E-state index contributed by atoms with van der Waals surface area (Å²) in [6.45, 7) is 3.99. The maximum Gasteiger partial charge on any atom is 0.247 e. The van der Waals surface area contributed by atoms with E-state index in [9.17, 15) is 4.79 Å². The molecule has 0 unspecified atom stereocenters. The first-order chi connectivity index (χ1) is 13.1. The molecule has 5 nitrogen and oxygen atoms in total. The van der Waals surface area contributed by atoms with Crippen molar-refractivity contribution in [3.63, 3.8) is 0 Å². The normalized spacial score (nSPS) is 14.6. The minimum atomic E-state index is -0.447. The van der Waals surface area contributed by atoms with E-state index in [4.69, 9.17) is 0 Å². The van der Waals surface area contributed by atoms with Crippen LogP contribution in [0, 0.1) is 13.8 Å². The van der Waals surface area contributed by atoms with Crippen LogP contribution in [0.2, 0.25) is 0 Å². The number of anilines is 1. The van der Waals surface area contributed by atoms with Crippen LogP contribution in [0.15, 0.2) is 60.7 Å². The molecule has 1 aliphatic rings. The van der Waals surface area contributed by atoms with Crippen LogP contribution >= 0.6 is 0 Å². The number of carbonyl (C=O) groups excluding carboxylic acids is 1. The van der Waals surface area contributed by atoms with Crippen molar-refractivity contribution in [3.05, 3.63) is 77.6 Å². The number of hydrogen-bond acceptors (Lipinski definition) is 3. The number of amides is 1. The summed E-state index contributed by atoms with van der Waals surface area (Å²) >= 11 is 0. The molecule has 0 aliphatic heterocycles. The van der Waals surface area contributed by atoms with Gasteiger partial charge in [-0.2, -0.15) is 5.10 Å². The Balaban J connectivity index is 1.67. The number of aromatic nitrogens is 2. The van der Waals surface area contributed by atoms with Crippen molar-refractivity contribution < 1.29 is 4.79 Å². The van der Waals surface area contributed by atoms with Crippen molar-refractivity contribution >= 4 is 11.6 Å². The summed E-state index contributed by atoms with van der Waals surface area (Å²) in [5, 5.41) is 11.3. The van der Waals surface area contributed by atoms with Crippen molar-refractivity contribution in [1.29, 1.82) is 0 Å². The van der Waals surface area contributed by atoms with E-state index < -0.39 is 6.04 Å². The second kappa shape index (κ2) is 7.27. The van der Waals surface area contributed by atoms with Crippen molar-refractivity contribution in [3.8, 4) is 5.69 Å². The zero-order valence-corrected chi connectivity index (χ0v) is 15.6. The molecule has 1 heterocycles. The van der Waals surface area contributed by atoms with E-state index in [1.165, 1.54) is 0 Å². The third-order valence-corrected chi connectivity index (χ3v) is 4.90. The number of nitrogens with zero attached hydrogens (tertiary/aromatic N) is 2. The quantitative estimate of drug-likeness (QED) is 0.700. The van der Waals surface area contributed by atoms with Crippen LogP contribution in [0.4, 0.5) is 5.69 Å². The van der Waals surface area contributed by atoms with Gasteiger partial charge in [0.05, 0.1) is 22.8 Å².